The van der Waals surface area contributed by atoms with E-state index in [4.69, 9.17) is 9.84 Å². The third-order valence-corrected chi connectivity index (χ3v) is 2.33. The lowest BCUT2D eigenvalue weighted by Gasteiger charge is -2.05. The van der Waals surface area contributed by atoms with E-state index in [1.54, 1.807) is 30.5 Å². The summed E-state index contributed by atoms with van der Waals surface area (Å²) in [4.78, 5) is 3.75. The van der Waals surface area contributed by atoms with Crippen LogP contribution in [-0.2, 0) is 6.61 Å². The molecule has 0 saturated heterocycles. The van der Waals surface area contributed by atoms with Crippen molar-refractivity contribution < 1.29 is 14.2 Å². The van der Waals surface area contributed by atoms with Crippen LogP contribution < -0.4 is 4.74 Å². The predicted octanol–water partition coefficient (Wildman–Crippen LogP) is 2.14. The van der Waals surface area contributed by atoms with Crippen LogP contribution in [0.5, 0.6) is 5.75 Å². The molecular weight excluding hydrogens is 245 g/mol. The minimum absolute atomic E-state index is 0.162. The van der Waals surface area contributed by atoms with E-state index in [1.165, 1.54) is 6.07 Å². The Morgan fingerprint density at radius 1 is 1.21 bits per heavy atom. The first-order valence-corrected chi connectivity index (χ1v) is 5.70. The van der Waals surface area contributed by atoms with E-state index in [1.807, 2.05) is 0 Å². The number of pyridine rings is 1. The number of aliphatic hydroxyl groups is 1. The average Bonchev–Trinajstić information content (AvgIpc) is 2.44. The predicted molar refractivity (Wildman–Crippen MR) is 68.9 cm³/mol. The van der Waals surface area contributed by atoms with Gasteiger partial charge in [0.15, 0.2) is 0 Å². The van der Waals surface area contributed by atoms with E-state index in [-0.39, 0.29) is 19.0 Å². The normalized spacial score (nSPS) is 9.58. The Kier molecular flexibility index (Phi) is 4.49. The molecule has 96 valence electrons. The van der Waals surface area contributed by atoms with E-state index in [0.29, 0.717) is 11.3 Å². The molecule has 1 N–H and O–H groups in total. The Morgan fingerprint density at radius 3 is 2.68 bits per heavy atom. The molecule has 0 aliphatic rings. The molecule has 0 aliphatic heterocycles. The molecule has 0 saturated carbocycles. The number of benzene rings is 1. The van der Waals surface area contributed by atoms with Crippen molar-refractivity contribution in [1.82, 2.24) is 4.98 Å². The van der Waals surface area contributed by atoms with Gasteiger partial charge in [0, 0.05) is 17.3 Å². The summed E-state index contributed by atoms with van der Waals surface area (Å²) in [5.41, 5.74) is 1.47. The maximum atomic E-state index is 12.9. The second-order valence-corrected chi connectivity index (χ2v) is 3.78. The highest BCUT2D eigenvalue weighted by Crippen LogP contribution is 2.13. The van der Waals surface area contributed by atoms with E-state index >= 15 is 0 Å². The van der Waals surface area contributed by atoms with Crippen molar-refractivity contribution in [2.75, 3.05) is 6.61 Å². The van der Waals surface area contributed by atoms with Gasteiger partial charge in [-0.05, 0) is 30.3 Å². The molecule has 0 radical (unpaired) electrons. The molecule has 0 aliphatic carbocycles. The van der Waals surface area contributed by atoms with Gasteiger partial charge in [0.05, 0.1) is 6.20 Å². The summed E-state index contributed by atoms with van der Waals surface area (Å²) in [7, 11) is 0. The lowest BCUT2D eigenvalue weighted by Crippen LogP contribution is -1.96. The molecule has 0 fully saturated rings. The number of nitrogens with zero attached hydrogens (tertiary/aromatic N) is 1. The molecule has 4 heteroatoms. The van der Waals surface area contributed by atoms with Crippen LogP contribution >= 0.6 is 0 Å². The summed E-state index contributed by atoms with van der Waals surface area (Å²) >= 11 is 0. The monoisotopic (exact) mass is 257 g/mol. The number of aliphatic hydroxyl groups excluding tert-OH is 1. The van der Waals surface area contributed by atoms with Crippen LogP contribution in [0.25, 0.3) is 0 Å². The quantitative estimate of drug-likeness (QED) is 0.857. The zero-order chi connectivity index (χ0) is 13.5. The van der Waals surface area contributed by atoms with Crippen molar-refractivity contribution in [3.05, 3.63) is 59.7 Å². The lowest BCUT2D eigenvalue weighted by atomic mass is 10.2. The second kappa shape index (κ2) is 6.53. The largest absolute Gasteiger partial charge is 0.489 e. The van der Waals surface area contributed by atoms with Crippen molar-refractivity contribution in [3.8, 4) is 17.6 Å². The molecule has 0 unspecified atom stereocenters. The number of halogens is 1. The molecule has 1 aromatic heterocycles. The Balaban J connectivity index is 1.96. The van der Waals surface area contributed by atoms with Gasteiger partial charge >= 0.3 is 0 Å². The number of hydrogen-bond donors (Lipinski definition) is 1. The third-order valence-electron chi connectivity index (χ3n) is 2.33. The van der Waals surface area contributed by atoms with Crippen molar-refractivity contribution in [2.45, 2.75) is 6.61 Å². The zero-order valence-electron chi connectivity index (χ0n) is 10.1. The van der Waals surface area contributed by atoms with Gasteiger partial charge < -0.3 is 9.84 Å². The molecule has 1 aromatic carbocycles. The van der Waals surface area contributed by atoms with Gasteiger partial charge in [-0.3, -0.25) is 4.98 Å². The van der Waals surface area contributed by atoms with Crippen LogP contribution in [0.3, 0.4) is 0 Å². The summed E-state index contributed by atoms with van der Waals surface area (Å²) in [5.74, 6) is 5.64. The molecular formula is C15H12FNO2. The van der Waals surface area contributed by atoms with Gasteiger partial charge in [0.25, 0.3) is 0 Å². The summed E-state index contributed by atoms with van der Waals surface area (Å²) in [6.45, 7) is 0.0945. The van der Waals surface area contributed by atoms with Crippen molar-refractivity contribution in [1.29, 1.82) is 0 Å². The molecule has 2 rings (SSSR count). The van der Waals surface area contributed by atoms with E-state index < -0.39 is 0 Å². The Labute approximate surface area is 110 Å². The van der Waals surface area contributed by atoms with Crippen LogP contribution in [-0.4, -0.2) is 16.7 Å². The highest BCUT2D eigenvalue weighted by molar-refractivity contribution is 5.38. The molecule has 3 nitrogen and oxygen atoms in total. The van der Waals surface area contributed by atoms with Gasteiger partial charge in [0.2, 0.25) is 0 Å². The highest BCUT2D eigenvalue weighted by Gasteiger charge is 1.98. The topological polar surface area (TPSA) is 42.4 Å². The molecule has 0 atom stereocenters. The van der Waals surface area contributed by atoms with Crippen molar-refractivity contribution in [2.24, 2.45) is 0 Å². The molecule has 0 amide bonds. The number of hydrogen-bond acceptors (Lipinski definition) is 3. The number of rotatable bonds is 3. The van der Waals surface area contributed by atoms with E-state index in [2.05, 4.69) is 16.8 Å². The number of aromatic nitrogens is 1. The maximum Gasteiger partial charge on any atom is 0.141 e. The lowest BCUT2D eigenvalue weighted by molar-refractivity contribution is 0.305. The minimum Gasteiger partial charge on any atom is -0.489 e. The summed E-state index contributed by atoms with van der Waals surface area (Å²) in [6.07, 6.45) is 2.71. The Bertz CT molecular complexity index is 600. The summed E-state index contributed by atoms with van der Waals surface area (Å²) in [5, 5.41) is 8.58. The fourth-order valence-electron chi connectivity index (χ4n) is 1.48. The van der Waals surface area contributed by atoms with Crippen molar-refractivity contribution >= 4 is 0 Å². The molecule has 0 bridgehead atoms. The average molecular weight is 257 g/mol. The fourth-order valence-corrected chi connectivity index (χ4v) is 1.48. The van der Waals surface area contributed by atoms with Gasteiger partial charge in [-0.25, -0.2) is 4.39 Å². The zero-order valence-corrected chi connectivity index (χ0v) is 10.1. The van der Waals surface area contributed by atoms with E-state index in [9.17, 15) is 4.39 Å². The van der Waals surface area contributed by atoms with Crippen LogP contribution in [0, 0.1) is 17.7 Å². The van der Waals surface area contributed by atoms with Crippen LogP contribution in [0.4, 0.5) is 4.39 Å². The molecule has 0 spiro atoms. The summed E-state index contributed by atoms with van der Waals surface area (Å²) < 4.78 is 18.4. The first-order valence-electron chi connectivity index (χ1n) is 5.70. The summed E-state index contributed by atoms with van der Waals surface area (Å²) in [6, 6.07) is 8.51. The Morgan fingerprint density at radius 2 is 2.00 bits per heavy atom. The van der Waals surface area contributed by atoms with Crippen LogP contribution in [0.2, 0.25) is 0 Å². The number of ether oxygens (including phenoxy) is 1. The Hall–Kier alpha value is -2.38. The van der Waals surface area contributed by atoms with Gasteiger partial charge in [-0.1, -0.05) is 11.8 Å². The maximum absolute atomic E-state index is 12.9. The highest BCUT2D eigenvalue weighted by atomic mass is 19.1. The first-order chi connectivity index (χ1) is 9.28. The molecule has 2 aromatic rings. The minimum atomic E-state index is -0.379. The first kappa shape index (κ1) is 13.1. The van der Waals surface area contributed by atoms with Gasteiger partial charge in [-0.15, -0.1) is 0 Å². The molecule has 19 heavy (non-hydrogen) atoms. The fraction of sp³-hybridized carbons (Fsp3) is 0.133. The van der Waals surface area contributed by atoms with Crippen LogP contribution in [0.15, 0.2) is 42.7 Å². The van der Waals surface area contributed by atoms with Crippen LogP contribution in [0.1, 0.15) is 11.1 Å². The standard InChI is InChI=1S/C15H12FNO2/c16-14-8-13(9-17-10-14)11-19-15-5-3-12(4-6-15)2-1-7-18/h3-6,8-10,18H,7,11H2. The second-order valence-electron chi connectivity index (χ2n) is 3.78. The SMILES string of the molecule is OCC#Cc1ccc(OCc2cncc(F)c2)cc1. The van der Waals surface area contributed by atoms with Gasteiger partial charge in [0.1, 0.15) is 24.8 Å². The third kappa shape index (κ3) is 4.09. The smallest absolute Gasteiger partial charge is 0.141 e. The van der Waals surface area contributed by atoms with Gasteiger partial charge in [-0.2, -0.15) is 0 Å². The molecule has 1 heterocycles. The van der Waals surface area contributed by atoms with Crippen molar-refractivity contribution in [3.63, 3.8) is 0 Å². The van der Waals surface area contributed by atoms with E-state index in [0.717, 1.165) is 11.8 Å².